The Bertz CT molecular complexity index is 971. The molecule has 3 unspecified atom stereocenters. The molecule has 1 aromatic carbocycles. The number of nitrogens with zero attached hydrogens (tertiary/aromatic N) is 2. The van der Waals surface area contributed by atoms with Crippen LogP contribution in [0.2, 0.25) is 5.02 Å². The molecule has 2 aliphatic rings. The van der Waals surface area contributed by atoms with Gasteiger partial charge in [-0.15, -0.1) is 0 Å². The number of amidine groups is 1. The maximum absolute atomic E-state index is 14.9. The Morgan fingerprint density at radius 2 is 2.17 bits per heavy atom. The van der Waals surface area contributed by atoms with Crippen LogP contribution in [0.15, 0.2) is 41.5 Å². The summed E-state index contributed by atoms with van der Waals surface area (Å²) < 4.78 is 28.9. The number of nitrogens with two attached hydrogens (primary N) is 1. The Morgan fingerprint density at radius 1 is 1.34 bits per heavy atom. The number of aromatic nitrogens is 1. The van der Waals surface area contributed by atoms with Crippen LogP contribution in [0.5, 0.6) is 0 Å². The average molecular weight is 437 g/mol. The fourth-order valence-electron chi connectivity index (χ4n) is 4.03. The molecule has 29 heavy (non-hydrogen) atoms. The van der Waals surface area contributed by atoms with Crippen molar-refractivity contribution in [1.82, 2.24) is 4.98 Å². The molecule has 1 aromatic heterocycles. The van der Waals surface area contributed by atoms with Crippen molar-refractivity contribution in [3.63, 3.8) is 0 Å². The Hall–Kier alpha value is -2.19. The van der Waals surface area contributed by atoms with Crippen molar-refractivity contribution >= 4 is 40.1 Å². The third-order valence-electron chi connectivity index (χ3n) is 5.45. The molecule has 4 rings (SSSR count). The average Bonchev–Trinajstić information content (AvgIpc) is 2.70. The summed E-state index contributed by atoms with van der Waals surface area (Å²) in [5.74, 6) is -0.469. The largest absolute Gasteiger partial charge is 0.379 e. The van der Waals surface area contributed by atoms with Gasteiger partial charge in [-0.1, -0.05) is 23.4 Å². The minimum atomic E-state index is -0.926. The number of rotatable bonds is 3. The number of halogens is 3. The number of fused-ring (bicyclic) bond motifs is 1. The van der Waals surface area contributed by atoms with E-state index in [0.29, 0.717) is 46.5 Å². The standard InChI is InChI=1S/C20H19ClF2N4OS/c21-12-1-4-17(25-9-12)18(28)26-14-2-3-16(23)15(8-14)20-6-5-13(22)7-11(20)10-29-19(24)27-20/h1-4,8-9,11,13H,5-7,10H2,(H2,24,27)(H,26,28). The highest BCUT2D eigenvalue weighted by Crippen LogP contribution is 2.50. The van der Waals surface area contributed by atoms with Gasteiger partial charge in [0.25, 0.3) is 5.91 Å². The minimum absolute atomic E-state index is 0.165. The first-order chi connectivity index (χ1) is 13.9. The molecule has 152 valence electrons. The number of carbonyl (C=O) groups is 1. The minimum Gasteiger partial charge on any atom is -0.379 e. The number of pyridine rings is 1. The number of amides is 1. The second kappa shape index (κ2) is 7.91. The molecule has 1 aliphatic heterocycles. The lowest BCUT2D eigenvalue weighted by Crippen LogP contribution is -2.45. The topological polar surface area (TPSA) is 80.4 Å². The summed E-state index contributed by atoms with van der Waals surface area (Å²) in [6.45, 7) is 0. The lowest BCUT2D eigenvalue weighted by atomic mass is 9.69. The van der Waals surface area contributed by atoms with E-state index < -0.39 is 23.4 Å². The van der Waals surface area contributed by atoms with Crippen LogP contribution in [0.3, 0.4) is 0 Å². The third kappa shape index (κ3) is 3.96. The first-order valence-corrected chi connectivity index (χ1v) is 10.6. The van der Waals surface area contributed by atoms with E-state index in [0.717, 1.165) is 0 Å². The number of aliphatic imine (C=N–C) groups is 1. The van der Waals surface area contributed by atoms with E-state index in [9.17, 15) is 13.6 Å². The summed E-state index contributed by atoms with van der Waals surface area (Å²) in [5.41, 5.74) is 5.98. The molecule has 0 spiro atoms. The third-order valence-corrected chi connectivity index (χ3v) is 6.63. The first kappa shape index (κ1) is 20.1. The number of hydrogen-bond donors (Lipinski definition) is 2. The Morgan fingerprint density at radius 3 is 2.93 bits per heavy atom. The van der Waals surface area contributed by atoms with Gasteiger partial charge in [0.2, 0.25) is 0 Å². The highest BCUT2D eigenvalue weighted by Gasteiger charge is 2.48. The smallest absolute Gasteiger partial charge is 0.274 e. The molecule has 0 bridgehead atoms. The Balaban J connectivity index is 1.68. The summed E-state index contributed by atoms with van der Waals surface area (Å²) in [4.78, 5) is 21.0. The van der Waals surface area contributed by atoms with E-state index in [1.54, 1.807) is 12.1 Å². The van der Waals surface area contributed by atoms with Crippen molar-refractivity contribution in [3.05, 3.63) is 58.6 Å². The van der Waals surface area contributed by atoms with Crippen LogP contribution in [-0.4, -0.2) is 28.0 Å². The molecule has 1 fully saturated rings. The fraction of sp³-hybridized carbons (Fsp3) is 0.350. The van der Waals surface area contributed by atoms with E-state index >= 15 is 0 Å². The van der Waals surface area contributed by atoms with Gasteiger partial charge in [0.05, 0.1) is 10.6 Å². The fourth-order valence-corrected chi connectivity index (χ4v) is 5.15. The van der Waals surface area contributed by atoms with Crippen LogP contribution in [0.4, 0.5) is 14.5 Å². The molecule has 3 N–H and O–H groups in total. The van der Waals surface area contributed by atoms with E-state index in [1.807, 2.05) is 0 Å². The van der Waals surface area contributed by atoms with Crippen LogP contribution in [0.25, 0.3) is 0 Å². The molecular weight excluding hydrogens is 418 g/mol. The molecule has 0 saturated heterocycles. The summed E-state index contributed by atoms with van der Waals surface area (Å²) in [5, 5.41) is 3.52. The first-order valence-electron chi connectivity index (χ1n) is 9.22. The molecule has 1 saturated carbocycles. The number of carbonyl (C=O) groups excluding carboxylic acids is 1. The van der Waals surface area contributed by atoms with Crippen LogP contribution < -0.4 is 11.1 Å². The molecule has 0 radical (unpaired) electrons. The van der Waals surface area contributed by atoms with Gasteiger partial charge < -0.3 is 11.1 Å². The molecule has 3 atom stereocenters. The van der Waals surface area contributed by atoms with Gasteiger partial charge in [0.1, 0.15) is 17.7 Å². The second-order valence-corrected chi connectivity index (χ2v) is 8.74. The predicted molar refractivity (Wildman–Crippen MR) is 112 cm³/mol. The van der Waals surface area contributed by atoms with E-state index in [1.165, 1.54) is 36.2 Å². The molecule has 1 aliphatic carbocycles. The maximum atomic E-state index is 14.9. The van der Waals surface area contributed by atoms with E-state index in [4.69, 9.17) is 17.3 Å². The quantitative estimate of drug-likeness (QED) is 0.741. The zero-order valence-electron chi connectivity index (χ0n) is 15.4. The number of thioether (sulfide) groups is 1. The van der Waals surface area contributed by atoms with Crippen molar-refractivity contribution in [3.8, 4) is 0 Å². The van der Waals surface area contributed by atoms with Gasteiger partial charge in [-0.2, -0.15) is 0 Å². The lowest BCUT2D eigenvalue weighted by molar-refractivity contribution is 0.102. The summed E-state index contributed by atoms with van der Waals surface area (Å²) >= 11 is 7.17. The SMILES string of the molecule is NC1=NC2(c3cc(NC(=O)c4ccc(Cl)cn4)ccc3F)CCC(F)CC2CS1. The summed E-state index contributed by atoms with van der Waals surface area (Å²) in [6.07, 6.45) is 1.43. The van der Waals surface area contributed by atoms with Crippen molar-refractivity contribution < 1.29 is 13.6 Å². The zero-order chi connectivity index (χ0) is 20.6. The number of alkyl halides is 1. The van der Waals surface area contributed by atoms with Crippen molar-refractivity contribution in [2.75, 3.05) is 11.1 Å². The van der Waals surface area contributed by atoms with Crippen molar-refractivity contribution in [1.29, 1.82) is 0 Å². The van der Waals surface area contributed by atoms with Crippen molar-refractivity contribution in [2.45, 2.75) is 31.0 Å². The van der Waals surface area contributed by atoms with Crippen LogP contribution in [0.1, 0.15) is 35.3 Å². The van der Waals surface area contributed by atoms with Crippen molar-refractivity contribution in [2.24, 2.45) is 16.6 Å². The highest BCUT2D eigenvalue weighted by atomic mass is 35.5. The van der Waals surface area contributed by atoms with Crippen LogP contribution >= 0.6 is 23.4 Å². The normalized spacial score (nSPS) is 26.4. The number of hydrogen-bond acceptors (Lipinski definition) is 5. The number of nitrogens with one attached hydrogen (secondary N) is 1. The van der Waals surface area contributed by atoms with Gasteiger partial charge in [-0.3, -0.25) is 9.79 Å². The zero-order valence-corrected chi connectivity index (χ0v) is 16.9. The summed E-state index contributed by atoms with van der Waals surface area (Å²) in [6, 6.07) is 7.41. The Kier molecular flexibility index (Phi) is 5.48. The highest BCUT2D eigenvalue weighted by molar-refractivity contribution is 8.13. The maximum Gasteiger partial charge on any atom is 0.274 e. The van der Waals surface area contributed by atoms with Crippen LogP contribution in [-0.2, 0) is 5.54 Å². The lowest BCUT2D eigenvalue weighted by Gasteiger charge is -2.45. The predicted octanol–water partition coefficient (Wildman–Crippen LogP) is 4.52. The van der Waals surface area contributed by atoms with Gasteiger partial charge >= 0.3 is 0 Å². The molecule has 5 nitrogen and oxygen atoms in total. The molecule has 2 aromatic rings. The summed E-state index contributed by atoms with van der Waals surface area (Å²) in [7, 11) is 0. The van der Waals surface area contributed by atoms with Gasteiger partial charge in [-0.05, 0) is 49.6 Å². The van der Waals surface area contributed by atoms with E-state index in [2.05, 4.69) is 15.3 Å². The number of benzene rings is 1. The second-order valence-electron chi connectivity index (χ2n) is 7.26. The monoisotopic (exact) mass is 436 g/mol. The van der Waals surface area contributed by atoms with Gasteiger partial charge in [0, 0.05) is 29.1 Å². The van der Waals surface area contributed by atoms with Crippen LogP contribution in [0, 0.1) is 11.7 Å². The molecule has 1 amide bonds. The van der Waals surface area contributed by atoms with Gasteiger partial charge in [-0.25, -0.2) is 13.8 Å². The molecular formula is C20H19ClF2N4OS. The molecule has 2 heterocycles. The number of anilines is 1. The van der Waals surface area contributed by atoms with Gasteiger partial charge in [0.15, 0.2) is 5.17 Å². The van der Waals surface area contributed by atoms with E-state index in [-0.39, 0.29) is 11.6 Å². The Labute approximate surface area is 176 Å². The molecule has 9 heteroatoms.